The van der Waals surface area contributed by atoms with Gasteiger partial charge in [0.1, 0.15) is 6.54 Å². The Morgan fingerprint density at radius 2 is 1.85 bits per heavy atom. The van der Waals surface area contributed by atoms with Gasteiger partial charge in [-0.25, -0.2) is 8.42 Å². The quantitative estimate of drug-likeness (QED) is 0.872. The lowest BCUT2D eigenvalue weighted by atomic mass is 10.1. The van der Waals surface area contributed by atoms with Crippen LogP contribution in [-0.2, 0) is 14.8 Å². The topological polar surface area (TPSA) is 74.7 Å². The van der Waals surface area contributed by atoms with Crippen molar-refractivity contribution in [2.75, 3.05) is 13.1 Å². The van der Waals surface area contributed by atoms with E-state index in [1.54, 1.807) is 12.1 Å². The summed E-state index contributed by atoms with van der Waals surface area (Å²) >= 11 is 0. The molecule has 20 heavy (non-hydrogen) atoms. The molecule has 0 aliphatic carbocycles. The predicted molar refractivity (Wildman–Crippen MR) is 77.1 cm³/mol. The Kier molecular flexibility index (Phi) is 5.30. The van der Waals surface area contributed by atoms with Gasteiger partial charge in [0.15, 0.2) is 0 Å². The van der Waals surface area contributed by atoms with Crippen molar-refractivity contribution in [3.8, 4) is 0 Å². The van der Waals surface area contributed by atoms with Crippen LogP contribution in [0.15, 0.2) is 23.1 Å². The van der Waals surface area contributed by atoms with Crippen LogP contribution in [0, 0.1) is 19.8 Å². The van der Waals surface area contributed by atoms with E-state index in [0.29, 0.717) is 0 Å². The fourth-order valence-electron chi connectivity index (χ4n) is 1.83. The minimum atomic E-state index is -3.78. The highest BCUT2D eigenvalue weighted by Crippen LogP contribution is 2.20. The van der Waals surface area contributed by atoms with Crippen molar-refractivity contribution in [3.05, 3.63) is 29.3 Å². The third-order valence-electron chi connectivity index (χ3n) is 3.00. The number of benzene rings is 1. The predicted octanol–water partition coefficient (Wildman–Crippen LogP) is 2.03. The van der Waals surface area contributed by atoms with Crippen LogP contribution in [0.25, 0.3) is 0 Å². The molecule has 112 valence electrons. The van der Waals surface area contributed by atoms with Crippen LogP contribution < -0.4 is 0 Å². The fourth-order valence-corrected chi connectivity index (χ4v) is 3.47. The van der Waals surface area contributed by atoms with E-state index in [0.717, 1.165) is 15.4 Å². The van der Waals surface area contributed by atoms with Crippen molar-refractivity contribution in [2.24, 2.45) is 5.92 Å². The number of rotatable bonds is 6. The Balaban J connectivity index is 3.20. The highest BCUT2D eigenvalue weighted by atomic mass is 32.2. The summed E-state index contributed by atoms with van der Waals surface area (Å²) in [5.41, 5.74) is 1.86. The molecule has 0 amide bonds. The Labute approximate surface area is 120 Å². The minimum absolute atomic E-state index is 0.0515. The molecular formula is C14H21NO4S. The molecule has 0 aliphatic rings. The van der Waals surface area contributed by atoms with Crippen molar-refractivity contribution in [3.63, 3.8) is 0 Å². The summed E-state index contributed by atoms with van der Waals surface area (Å²) in [6.07, 6.45) is 0. The standard InChI is InChI=1S/C14H21NO4S/c1-10(2)8-15(9-14(16)17)20(18,19)13-6-5-11(3)12(4)7-13/h5-7,10H,8-9H2,1-4H3,(H,16,17). The van der Waals surface area contributed by atoms with Gasteiger partial charge in [0.2, 0.25) is 10.0 Å². The summed E-state index contributed by atoms with van der Waals surface area (Å²) in [4.78, 5) is 11.0. The van der Waals surface area contributed by atoms with Gasteiger partial charge >= 0.3 is 5.97 Å². The van der Waals surface area contributed by atoms with Gasteiger partial charge in [0.25, 0.3) is 0 Å². The summed E-state index contributed by atoms with van der Waals surface area (Å²) < 4.78 is 26.1. The maximum Gasteiger partial charge on any atom is 0.318 e. The summed E-state index contributed by atoms with van der Waals surface area (Å²) in [5.74, 6) is -1.10. The normalized spacial score (nSPS) is 12.1. The van der Waals surface area contributed by atoms with Gasteiger partial charge in [-0.05, 0) is 43.0 Å². The average Bonchev–Trinajstić information content (AvgIpc) is 2.30. The summed E-state index contributed by atoms with van der Waals surface area (Å²) in [7, 11) is -3.78. The second-order valence-electron chi connectivity index (χ2n) is 5.33. The number of sulfonamides is 1. The lowest BCUT2D eigenvalue weighted by Crippen LogP contribution is -2.38. The molecule has 0 saturated carbocycles. The van der Waals surface area contributed by atoms with Gasteiger partial charge < -0.3 is 5.11 Å². The van der Waals surface area contributed by atoms with Crippen LogP contribution in [0.3, 0.4) is 0 Å². The maximum absolute atomic E-state index is 12.5. The number of hydrogen-bond acceptors (Lipinski definition) is 3. The van der Waals surface area contributed by atoms with Gasteiger partial charge in [-0.3, -0.25) is 4.79 Å². The maximum atomic E-state index is 12.5. The summed E-state index contributed by atoms with van der Waals surface area (Å²) in [5, 5.41) is 8.90. The summed E-state index contributed by atoms with van der Waals surface area (Å²) in [6, 6.07) is 4.84. The van der Waals surface area contributed by atoms with E-state index < -0.39 is 22.5 Å². The van der Waals surface area contributed by atoms with Crippen LogP contribution in [0.5, 0.6) is 0 Å². The Morgan fingerprint density at radius 3 is 2.30 bits per heavy atom. The third kappa shape index (κ3) is 4.05. The Morgan fingerprint density at radius 1 is 1.25 bits per heavy atom. The minimum Gasteiger partial charge on any atom is -0.480 e. The Hall–Kier alpha value is -1.40. The number of carboxylic acid groups (broad SMARTS) is 1. The smallest absolute Gasteiger partial charge is 0.318 e. The van der Waals surface area contributed by atoms with Gasteiger partial charge in [0, 0.05) is 6.54 Å². The first-order valence-electron chi connectivity index (χ1n) is 6.43. The molecule has 0 radical (unpaired) electrons. The average molecular weight is 299 g/mol. The van der Waals surface area contributed by atoms with E-state index in [1.165, 1.54) is 6.07 Å². The van der Waals surface area contributed by atoms with E-state index in [-0.39, 0.29) is 17.4 Å². The molecular weight excluding hydrogens is 278 g/mol. The zero-order valence-corrected chi connectivity index (χ0v) is 13.1. The van der Waals surface area contributed by atoms with Crippen molar-refractivity contribution in [1.29, 1.82) is 0 Å². The van der Waals surface area contributed by atoms with E-state index in [9.17, 15) is 13.2 Å². The highest BCUT2D eigenvalue weighted by molar-refractivity contribution is 7.89. The largest absolute Gasteiger partial charge is 0.480 e. The van der Waals surface area contributed by atoms with Crippen molar-refractivity contribution >= 4 is 16.0 Å². The SMILES string of the molecule is Cc1ccc(S(=O)(=O)N(CC(=O)O)CC(C)C)cc1C. The second-order valence-corrected chi connectivity index (χ2v) is 7.27. The molecule has 0 atom stereocenters. The molecule has 0 heterocycles. The highest BCUT2D eigenvalue weighted by Gasteiger charge is 2.27. The number of aryl methyl sites for hydroxylation is 2. The molecule has 0 fully saturated rings. The molecule has 5 nitrogen and oxygen atoms in total. The van der Waals surface area contributed by atoms with Gasteiger partial charge in [-0.2, -0.15) is 4.31 Å². The third-order valence-corrected chi connectivity index (χ3v) is 4.80. The van der Waals surface area contributed by atoms with Crippen LogP contribution in [-0.4, -0.2) is 36.9 Å². The molecule has 6 heteroatoms. The molecule has 1 aromatic carbocycles. The van der Waals surface area contributed by atoms with Crippen LogP contribution >= 0.6 is 0 Å². The van der Waals surface area contributed by atoms with E-state index >= 15 is 0 Å². The Bertz CT molecular complexity index is 593. The molecule has 0 unspecified atom stereocenters. The molecule has 1 aromatic rings. The monoisotopic (exact) mass is 299 g/mol. The molecule has 0 saturated heterocycles. The first-order chi connectivity index (χ1) is 9.14. The van der Waals surface area contributed by atoms with Crippen LogP contribution in [0.2, 0.25) is 0 Å². The zero-order chi connectivity index (χ0) is 15.5. The fraction of sp³-hybridized carbons (Fsp3) is 0.500. The molecule has 0 aliphatic heterocycles. The number of nitrogens with zero attached hydrogens (tertiary/aromatic N) is 1. The van der Waals surface area contributed by atoms with Gasteiger partial charge in [-0.1, -0.05) is 19.9 Å². The van der Waals surface area contributed by atoms with E-state index in [2.05, 4.69) is 0 Å². The number of hydrogen-bond donors (Lipinski definition) is 1. The zero-order valence-electron chi connectivity index (χ0n) is 12.3. The van der Waals surface area contributed by atoms with Crippen molar-refractivity contribution < 1.29 is 18.3 Å². The van der Waals surface area contributed by atoms with Gasteiger partial charge in [0.05, 0.1) is 4.90 Å². The number of aliphatic carboxylic acids is 1. The number of carboxylic acids is 1. The lowest BCUT2D eigenvalue weighted by Gasteiger charge is -2.22. The second kappa shape index (κ2) is 6.37. The summed E-state index contributed by atoms with van der Waals surface area (Å²) in [6.45, 7) is 7.09. The van der Waals surface area contributed by atoms with E-state index in [4.69, 9.17) is 5.11 Å². The van der Waals surface area contributed by atoms with E-state index in [1.807, 2.05) is 27.7 Å². The van der Waals surface area contributed by atoms with Gasteiger partial charge in [-0.15, -0.1) is 0 Å². The molecule has 0 aromatic heterocycles. The molecule has 1 rings (SSSR count). The van der Waals surface area contributed by atoms with Crippen LogP contribution in [0.1, 0.15) is 25.0 Å². The first kappa shape index (κ1) is 16.7. The van der Waals surface area contributed by atoms with Crippen LogP contribution in [0.4, 0.5) is 0 Å². The molecule has 1 N–H and O–H groups in total. The molecule has 0 spiro atoms. The van der Waals surface area contributed by atoms with Crippen molar-refractivity contribution in [1.82, 2.24) is 4.31 Å². The molecule has 0 bridgehead atoms. The lowest BCUT2D eigenvalue weighted by molar-refractivity contribution is -0.137. The van der Waals surface area contributed by atoms with Crippen molar-refractivity contribution in [2.45, 2.75) is 32.6 Å². The first-order valence-corrected chi connectivity index (χ1v) is 7.87. The number of carbonyl (C=O) groups is 1.